The summed E-state index contributed by atoms with van der Waals surface area (Å²) in [6, 6.07) is 8.88. The van der Waals surface area contributed by atoms with E-state index in [9.17, 15) is 14.9 Å². The van der Waals surface area contributed by atoms with Gasteiger partial charge in [0.1, 0.15) is 0 Å². The van der Waals surface area contributed by atoms with Crippen molar-refractivity contribution in [2.75, 3.05) is 7.11 Å². The Kier molecular flexibility index (Phi) is 6.39. The van der Waals surface area contributed by atoms with Crippen LogP contribution in [-0.4, -0.2) is 24.2 Å². The highest BCUT2D eigenvalue weighted by molar-refractivity contribution is 6.30. The van der Waals surface area contributed by atoms with Gasteiger partial charge in [-0.2, -0.15) is 5.26 Å². The van der Waals surface area contributed by atoms with Crippen LogP contribution in [-0.2, 0) is 19.7 Å². The molecule has 118 valence electrons. The van der Waals surface area contributed by atoms with Crippen LogP contribution in [0.15, 0.2) is 24.3 Å². The van der Waals surface area contributed by atoms with Crippen LogP contribution in [0.25, 0.3) is 0 Å². The molecule has 1 N–H and O–H groups in total. The molecule has 22 heavy (non-hydrogen) atoms. The number of benzene rings is 1. The van der Waals surface area contributed by atoms with Gasteiger partial charge in [-0.3, -0.25) is 9.59 Å². The third-order valence-corrected chi connectivity index (χ3v) is 3.89. The number of halogens is 1. The van der Waals surface area contributed by atoms with Gasteiger partial charge in [0.2, 0.25) is 0 Å². The molecular weight excluding hydrogens is 306 g/mol. The molecule has 5 nitrogen and oxygen atoms in total. The summed E-state index contributed by atoms with van der Waals surface area (Å²) in [6.07, 6.45) is 0.136. The zero-order valence-electron chi connectivity index (χ0n) is 12.5. The first-order valence-corrected chi connectivity index (χ1v) is 7.19. The summed E-state index contributed by atoms with van der Waals surface area (Å²) in [7, 11) is 1.28. The maximum absolute atomic E-state index is 11.7. The summed E-state index contributed by atoms with van der Waals surface area (Å²) in [5.41, 5.74) is -0.423. The van der Waals surface area contributed by atoms with Crippen LogP contribution < -0.4 is 0 Å². The normalized spacial score (nSPS) is 14.5. The number of carboxylic acid groups (broad SMARTS) is 1. The summed E-state index contributed by atoms with van der Waals surface area (Å²) in [4.78, 5) is 22.6. The number of nitrogens with zero attached hydrogens (tertiary/aromatic N) is 1. The monoisotopic (exact) mass is 323 g/mol. The maximum Gasteiger partial charge on any atom is 0.308 e. The van der Waals surface area contributed by atoms with Crippen molar-refractivity contribution in [3.63, 3.8) is 0 Å². The molecule has 6 heteroatoms. The summed E-state index contributed by atoms with van der Waals surface area (Å²) in [6.45, 7) is 1.66. The minimum Gasteiger partial charge on any atom is -0.481 e. The highest BCUT2D eigenvalue weighted by Gasteiger charge is 2.36. The van der Waals surface area contributed by atoms with E-state index in [0.29, 0.717) is 10.6 Å². The van der Waals surface area contributed by atoms with E-state index in [4.69, 9.17) is 21.4 Å². The van der Waals surface area contributed by atoms with E-state index in [-0.39, 0.29) is 19.3 Å². The molecule has 0 aliphatic carbocycles. The standard InChI is InChI=1S/C16H18ClNO4/c1-11(15(21)22-2)9-16(10-18,8-7-14(19)20)12-3-5-13(17)6-4-12/h3-6,11H,7-9H2,1-2H3,(H,19,20). The molecule has 0 saturated heterocycles. The number of methoxy groups -OCH3 is 1. The van der Waals surface area contributed by atoms with E-state index in [0.717, 1.165) is 0 Å². The van der Waals surface area contributed by atoms with Gasteiger partial charge < -0.3 is 9.84 Å². The lowest BCUT2D eigenvalue weighted by molar-refractivity contribution is -0.145. The van der Waals surface area contributed by atoms with Gasteiger partial charge >= 0.3 is 11.9 Å². The van der Waals surface area contributed by atoms with Crippen molar-refractivity contribution in [1.82, 2.24) is 0 Å². The van der Waals surface area contributed by atoms with Gasteiger partial charge in [0.05, 0.1) is 24.5 Å². The molecule has 0 heterocycles. The summed E-state index contributed by atoms with van der Waals surface area (Å²) < 4.78 is 4.70. The van der Waals surface area contributed by atoms with Crippen LogP contribution in [0.4, 0.5) is 0 Å². The molecule has 0 aliphatic rings. The van der Waals surface area contributed by atoms with Crippen molar-refractivity contribution in [2.24, 2.45) is 5.92 Å². The van der Waals surface area contributed by atoms with E-state index in [2.05, 4.69) is 6.07 Å². The molecule has 0 aliphatic heterocycles. The Morgan fingerprint density at radius 2 is 2.00 bits per heavy atom. The van der Waals surface area contributed by atoms with Crippen LogP contribution in [0, 0.1) is 17.2 Å². The fourth-order valence-corrected chi connectivity index (χ4v) is 2.55. The van der Waals surface area contributed by atoms with E-state index < -0.39 is 23.3 Å². The molecule has 0 amide bonds. The van der Waals surface area contributed by atoms with E-state index in [1.165, 1.54) is 7.11 Å². The second-order valence-corrected chi connectivity index (χ2v) is 5.66. The molecule has 2 atom stereocenters. The number of hydrogen-bond donors (Lipinski definition) is 1. The second kappa shape index (κ2) is 7.81. The Bertz CT molecular complexity index is 579. The Morgan fingerprint density at radius 1 is 1.41 bits per heavy atom. The van der Waals surface area contributed by atoms with Gasteiger partial charge in [-0.25, -0.2) is 0 Å². The summed E-state index contributed by atoms with van der Waals surface area (Å²) in [5.74, 6) is -1.93. The molecule has 0 bridgehead atoms. The number of esters is 1. The number of carboxylic acids is 1. The highest BCUT2D eigenvalue weighted by atomic mass is 35.5. The molecule has 0 spiro atoms. The number of nitriles is 1. The molecule has 0 saturated carbocycles. The van der Waals surface area contributed by atoms with Crippen molar-refractivity contribution in [1.29, 1.82) is 5.26 Å². The predicted octanol–water partition coefficient (Wildman–Crippen LogP) is 3.17. The highest BCUT2D eigenvalue weighted by Crippen LogP contribution is 2.36. The van der Waals surface area contributed by atoms with E-state index in [1.807, 2.05) is 0 Å². The average molecular weight is 324 g/mol. The molecule has 2 unspecified atom stereocenters. The van der Waals surface area contributed by atoms with Crippen LogP contribution >= 0.6 is 11.6 Å². The molecule has 0 radical (unpaired) electrons. The SMILES string of the molecule is COC(=O)C(C)CC(C#N)(CCC(=O)O)c1ccc(Cl)cc1. The van der Waals surface area contributed by atoms with E-state index >= 15 is 0 Å². The molecule has 1 rings (SSSR count). The number of carbonyl (C=O) groups is 2. The van der Waals surface area contributed by atoms with Gasteiger partial charge in [-0.05, 0) is 30.5 Å². The number of rotatable bonds is 7. The Balaban J connectivity index is 3.17. The third kappa shape index (κ3) is 4.47. The zero-order chi connectivity index (χ0) is 16.8. The van der Waals surface area contributed by atoms with Crippen molar-refractivity contribution >= 4 is 23.5 Å². The average Bonchev–Trinajstić information content (AvgIpc) is 2.51. The van der Waals surface area contributed by atoms with Gasteiger partial charge in [0.25, 0.3) is 0 Å². The minimum absolute atomic E-state index is 0.113. The molecule has 0 aromatic heterocycles. The maximum atomic E-state index is 11.7. The van der Waals surface area contributed by atoms with Crippen LogP contribution in [0.1, 0.15) is 31.7 Å². The zero-order valence-corrected chi connectivity index (χ0v) is 13.3. The van der Waals surface area contributed by atoms with Gasteiger partial charge in [0.15, 0.2) is 0 Å². The fraction of sp³-hybridized carbons (Fsp3) is 0.438. The Morgan fingerprint density at radius 3 is 2.45 bits per heavy atom. The molecule has 1 aromatic rings. The lowest BCUT2D eigenvalue weighted by Gasteiger charge is -2.29. The summed E-state index contributed by atoms with van der Waals surface area (Å²) >= 11 is 5.86. The Labute approximate surface area is 134 Å². The lowest BCUT2D eigenvalue weighted by atomic mass is 9.72. The van der Waals surface area contributed by atoms with Crippen molar-refractivity contribution in [2.45, 2.75) is 31.6 Å². The largest absolute Gasteiger partial charge is 0.481 e. The first-order valence-electron chi connectivity index (χ1n) is 6.81. The number of carbonyl (C=O) groups excluding carboxylic acids is 1. The first-order chi connectivity index (χ1) is 10.3. The van der Waals surface area contributed by atoms with Crippen LogP contribution in [0.5, 0.6) is 0 Å². The van der Waals surface area contributed by atoms with Crippen molar-refractivity contribution in [3.05, 3.63) is 34.9 Å². The molecular formula is C16H18ClNO4. The first kappa shape index (κ1) is 18.0. The summed E-state index contributed by atoms with van der Waals surface area (Å²) in [5, 5.41) is 19.1. The molecule has 1 aromatic carbocycles. The van der Waals surface area contributed by atoms with Gasteiger partial charge in [0, 0.05) is 11.4 Å². The second-order valence-electron chi connectivity index (χ2n) is 5.22. The minimum atomic E-state index is -1.07. The number of hydrogen-bond acceptors (Lipinski definition) is 4. The molecule has 0 fully saturated rings. The quantitative estimate of drug-likeness (QED) is 0.779. The van der Waals surface area contributed by atoms with Crippen LogP contribution in [0.2, 0.25) is 5.02 Å². The van der Waals surface area contributed by atoms with Gasteiger partial charge in [-0.15, -0.1) is 0 Å². The van der Waals surface area contributed by atoms with Crippen molar-refractivity contribution in [3.8, 4) is 6.07 Å². The fourth-order valence-electron chi connectivity index (χ4n) is 2.43. The topological polar surface area (TPSA) is 87.4 Å². The van der Waals surface area contributed by atoms with Gasteiger partial charge in [-0.1, -0.05) is 30.7 Å². The number of ether oxygens (including phenoxy) is 1. The van der Waals surface area contributed by atoms with Crippen molar-refractivity contribution < 1.29 is 19.4 Å². The lowest BCUT2D eigenvalue weighted by Crippen LogP contribution is -2.30. The predicted molar refractivity (Wildman–Crippen MR) is 81.4 cm³/mol. The Hall–Kier alpha value is -2.06. The van der Waals surface area contributed by atoms with E-state index in [1.54, 1.807) is 31.2 Å². The van der Waals surface area contributed by atoms with Crippen LogP contribution in [0.3, 0.4) is 0 Å². The smallest absolute Gasteiger partial charge is 0.308 e. The third-order valence-electron chi connectivity index (χ3n) is 3.63. The number of aliphatic carboxylic acids is 1.